The van der Waals surface area contributed by atoms with Crippen molar-refractivity contribution in [3.63, 3.8) is 0 Å². The van der Waals surface area contributed by atoms with Gasteiger partial charge in [-0.25, -0.2) is 9.69 Å². The van der Waals surface area contributed by atoms with Crippen molar-refractivity contribution in [3.05, 3.63) is 65.4 Å². The number of aryl methyl sites for hydroxylation is 3. The van der Waals surface area contributed by atoms with Gasteiger partial charge in [0.2, 0.25) is 0 Å². The normalized spacial score (nSPS) is 10.6. The highest BCUT2D eigenvalue weighted by atomic mass is 16.4. The molecule has 0 radical (unpaired) electrons. The van der Waals surface area contributed by atoms with Gasteiger partial charge in [0.15, 0.2) is 0 Å². The van der Waals surface area contributed by atoms with E-state index in [1.54, 1.807) is 6.26 Å². The third kappa shape index (κ3) is 2.76. The van der Waals surface area contributed by atoms with E-state index in [0.717, 1.165) is 22.3 Å². The highest BCUT2D eigenvalue weighted by molar-refractivity contribution is 5.98. The number of primary amides is 1. The number of hydrogen-bond donors (Lipinski definition) is 1. The second-order valence-electron chi connectivity index (χ2n) is 5.74. The van der Waals surface area contributed by atoms with E-state index < -0.39 is 6.03 Å². The zero-order valence-corrected chi connectivity index (χ0v) is 13.9. The fraction of sp³-hybridized carbons (Fsp3) is 0.158. The Bertz CT molecular complexity index is 879. The summed E-state index contributed by atoms with van der Waals surface area (Å²) in [7, 11) is 0. The number of carbonyl (C=O) groups excluding carboxylic acids is 1. The first kappa shape index (κ1) is 15.8. The number of carbonyl (C=O) groups is 1. The smallest absolute Gasteiger partial charge is 0.327 e. The van der Waals surface area contributed by atoms with E-state index in [9.17, 15) is 4.79 Å². The lowest BCUT2D eigenvalue weighted by atomic mass is 10.1. The van der Waals surface area contributed by atoms with Crippen LogP contribution in [0.3, 0.4) is 0 Å². The Kier molecular flexibility index (Phi) is 4.08. The largest absolute Gasteiger partial charge is 0.431 e. The number of amides is 2. The van der Waals surface area contributed by atoms with Crippen molar-refractivity contribution in [2.24, 2.45) is 5.73 Å². The third-order valence-corrected chi connectivity index (χ3v) is 3.99. The molecule has 2 amide bonds. The number of aromatic nitrogens is 1. The van der Waals surface area contributed by atoms with E-state index in [1.807, 2.05) is 63.2 Å². The van der Waals surface area contributed by atoms with Crippen molar-refractivity contribution < 1.29 is 9.21 Å². The zero-order chi connectivity index (χ0) is 17.3. The second-order valence-corrected chi connectivity index (χ2v) is 5.74. The summed E-state index contributed by atoms with van der Waals surface area (Å²) in [5.74, 6) is 0. The Hall–Kier alpha value is -3.08. The summed E-state index contributed by atoms with van der Waals surface area (Å²) < 4.78 is 5.58. The number of benzene rings is 2. The van der Waals surface area contributed by atoms with Crippen LogP contribution < -0.4 is 10.6 Å². The van der Waals surface area contributed by atoms with Gasteiger partial charge >= 0.3 is 12.0 Å². The highest BCUT2D eigenvalue weighted by Crippen LogP contribution is 2.33. The van der Waals surface area contributed by atoms with Crippen molar-refractivity contribution in [2.75, 3.05) is 4.90 Å². The minimum atomic E-state index is -0.634. The molecule has 1 aromatic heterocycles. The predicted molar refractivity (Wildman–Crippen MR) is 94.3 cm³/mol. The number of nitrogens with two attached hydrogens (primary N) is 1. The lowest BCUT2D eigenvalue weighted by Gasteiger charge is -2.20. The molecule has 0 aliphatic rings. The van der Waals surface area contributed by atoms with E-state index >= 15 is 0 Å². The molecule has 0 atom stereocenters. The van der Waals surface area contributed by atoms with Crippen LogP contribution in [0, 0.1) is 20.8 Å². The first-order chi connectivity index (χ1) is 11.5. The topological polar surface area (TPSA) is 72.4 Å². The minimum absolute atomic E-state index is 0.165. The molecule has 3 aromatic rings. The summed E-state index contributed by atoms with van der Waals surface area (Å²) in [4.78, 5) is 17.9. The number of anilines is 2. The zero-order valence-electron chi connectivity index (χ0n) is 13.9. The molecule has 2 N–H and O–H groups in total. The van der Waals surface area contributed by atoms with Gasteiger partial charge in [-0.2, -0.15) is 4.98 Å². The predicted octanol–water partition coefficient (Wildman–Crippen LogP) is 4.48. The molecule has 0 saturated heterocycles. The molecule has 5 nitrogen and oxygen atoms in total. The maximum absolute atomic E-state index is 12.1. The lowest BCUT2D eigenvalue weighted by molar-refractivity contribution is 0.255. The molecule has 0 aliphatic heterocycles. The van der Waals surface area contributed by atoms with Crippen LogP contribution in [0.5, 0.6) is 0 Å². The molecule has 0 spiro atoms. The number of rotatable bonds is 3. The fourth-order valence-corrected chi connectivity index (χ4v) is 2.81. The van der Waals surface area contributed by atoms with Gasteiger partial charge < -0.3 is 10.2 Å². The first-order valence-electron chi connectivity index (χ1n) is 7.66. The molecular formula is C19H19N3O2. The Morgan fingerprint density at radius 3 is 2.25 bits per heavy atom. The van der Waals surface area contributed by atoms with Crippen LogP contribution in [-0.4, -0.2) is 11.0 Å². The molecule has 5 heteroatoms. The third-order valence-electron chi connectivity index (χ3n) is 3.99. The van der Waals surface area contributed by atoms with Gasteiger partial charge in [-0.05, 0) is 37.5 Å². The summed E-state index contributed by atoms with van der Waals surface area (Å²) in [5.41, 5.74) is 10.8. The Morgan fingerprint density at radius 1 is 1.00 bits per heavy atom. The van der Waals surface area contributed by atoms with E-state index in [2.05, 4.69) is 4.98 Å². The molecule has 0 fully saturated rings. The van der Waals surface area contributed by atoms with Crippen LogP contribution >= 0.6 is 0 Å². The Morgan fingerprint density at radius 2 is 1.62 bits per heavy atom. The summed E-state index contributed by atoms with van der Waals surface area (Å²) in [6.07, 6.45) is 1.54. The van der Waals surface area contributed by atoms with Crippen LogP contribution in [0.4, 0.5) is 16.5 Å². The monoisotopic (exact) mass is 321 g/mol. The Balaban J connectivity index is 2.09. The molecule has 122 valence electrons. The number of hydrogen-bond acceptors (Lipinski definition) is 3. The van der Waals surface area contributed by atoms with Crippen LogP contribution in [0.2, 0.25) is 0 Å². The summed E-state index contributed by atoms with van der Waals surface area (Å²) in [6, 6.07) is 13.2. The number of oxazole rings is 1. The molecule has 0 aliphatic carbocycles. The average Bonchev–Trinajstić information content (AvgIpc) is 3.00. The van der Waals surface area contributed by atoms with E-state index in [0.29, 0.717) is 11.4 Å². The van der Waals surface area contributed by atoms with Gasteiger partial charge in [0, 0.05) is 5.56 Å². The second kappa shape index (κ2) is 6.20. The van der Waals surface area contributed by atoms with Crippen molar-refractivity contribution in [2.45, 2.75) is 20.8 Å². The molecule has 0 saturated carbocycles. The summed E-state index contributed by atoms with van der Waals surface area (Å²) in [5, 5.41) is 0. The van der Waals surface area contributed by atoms with Crippen LogP contribution in [0.15, 0.2) is 53.1 Å². The van der Waals surface area contributed by atoms with Gasteiger partial charge in [-0.15, -0.1) is 0 Å². The SMILES string of the molecule is Cc1ccccc1-c1coc(N(C(N)=O)c2c(C)cccc2C)n1. The lowest BCUT2D eigenvalue weighted by Crippen LogP contribution is -2.32. The van der Waals surface area contributed by atoms with Gasteiger partial charge in [0.25, 0.3) is 0 Å². The van der Waals surface area contributed by atoms with Crippen molar-refractivity contribution >= 4 is 17.7 Å². The van der Waals surface area contributed by atoms with E-state index in [1.165, 1.54) is 4.90 Å². The number of para-hydroxylation sites is 1. The van der Waals surface area contributed by atoms with Gasteiger partial charge in [-0.3, -0.25) is 0 Å². The number of nitrogens with zero attached hydrogens (tertiary/aromatic N) is 2. The molecule has 24 heavy (non-hydrogen) atoms. The summed E-state index contributed by atoms with van der Waals surface area (Å²) in [6.45, 7) is 5.84. The average molecular weight is 321 g/mol. The van der Waals surface area contributed by atoms with Crippen molar-refractivity contribution in [3.8, 4) is 11.3 Å². The summed E-state index contributed by atoms with van der Waals surface area (Å²) >= 11 is 0. The van der Waals surface area contributed by atoms with Crippen LogP contribution in [0.25, 0.3) is 11.3 Å². The van der Waals surface area contributed by atoms with Gasteiger partial charge in [0.1, 0.15) is 12.0 Å². The Labute approximate surface area is 140 Å². The van der Waals surface area contributed by atoms with Crippen molar-refractivity contribution in [1.29, 1.82) is 0 Å². The minimum Gasteiger partial charge on any atom is -0.431 e. The quantitative estimate of drug-likeness (QED) is 0.773. The van der Waals surface area contributed by atoms with E-state index in [-0.39, 0.29) is 6.01 Å². The molecule has 0 bridgehead atoms. The van der Waals surface area contributed by atoms with Gasteiger partial charge in [0.05, 0.1) is 5.69 Å². The van der Waals surface area contributed by atoms with Crippen LogP contribution in [0.1, 0.15) is 16.7 Å². The van der Waals surface area contributed by atoms with Crippen molar-refractivity contribution in [1.82, 2.24) is 4.98 Å². The standard InChI is InChI=1S/C19H19N3O2/c1-12-7-4-5-10-15(12)16-11-24-19(21-16)22(18(20)23)17-13(2)8-6-9-14(17)3/h4-11H,1-3H3,(H2,20,23). The van der Waals surface area contributed by atoms with Gasteiger partial charge in [-0.1, -0.05) is 42.5 Å². The molecule has 3 rings (SSSR count). The number of urea groups is 1. The molecule has 2 aromatic carbocycles. The fourth-order valence-electron chi connectivity index (χ4n) is 2.81. The molecule has 1 heterocycles. The van der Waals surface area contributed by atoms with E-state index in [4.69, 9.17) is 10.2 Å². The molecular weight excluding hydrogens is 302 g/mol. The first-order valence-corrected chi connectivity index (χ1v) is 7.66. The highest BCUT2D eigenvalue weighted by Gasteiger charge is 2.24. The maximum Gasteiger partial charge on any atom is 0.327 e. The van der Waals surface area contributed by atoms with Crippen LogP contribution in [-0.2, 0) is 0 Å². The molecule has 0 unspecified atom stereocenters. The maximum atomic E-state index is 12.1.